The largest absolute Gasteiger partial charge is 0.492 e. The number of para-hydroxylation sites is 2. The normalized spacial score (nSPS) is 10.4. The summed E-state index contributed by atoms with van der Waals surface area (Å²) >= 11 is 19.1. The first-order valence-electron chi connectivity index (χ1n) is 7.88. The molecule has 0 aromatic heterocycles. The minimum Gasteiger partial charge on any atom is -0.492 e. The Morgan fingerprint density at radius 2 is 1.96 bits per heavy atom. The standard InChI is InChI=1S/C18H20Cl2N2OS2/c1-2-23-17-6-4-3-5-16(17)22-18(24)21-9-10-25-12-13-7-8-14(19)15(20)11-13/h3-8,11H,2,9-10,12H2,1H3,(H2,21,22,24). The molecule has 0 saturated heterocycles. The lowest BCUT2D eigenvalue weighted by molar-refractivity contribution is 0.342. The van der Waals surface area contributed by atoms with Crippen LogP contribution < -0.4 is 15.4 Å². The quantitative estimate of drug-likeness (QED) is 0.433. The molecule has 0 aliphatic carbocycles. The molecule has 0 bridgehead atoms. The molecule has 0 spiro atoms. The van der Waals surface area contributed by atoms with Gasteiger partial charge in [0.05, 0.1) is 22.3 Å². The van der Waals surface area contributed by atoms with Crippen molar-refractivity contribution in [3.8, 4) is 5.75 Å². The minimum atomic E-state index is 0.584. The van der Waals surface area contributed by atoms with E-state index < -0.39 is 0 Å². The summed E-state index contributed by atoms with van der Waals surface area (Å²) in [6.45, 7) is 3.34. The molecule has 0 radical (unpaired) electrons. The number of benzene rings is 2. The Bertz CT molecular complexity index is 713. The molecule has 0 atom stereocenters. The first-order chi connectivity index (χ1) is 12.1. The van der Waals surface area contributed by atoms with Crippen LogP contribution in [0.3, 0.4) is 0 Å². The van der Waals surface area contributed by atoms with Crippen LogP contribution in [0.4, 0.5) is 5.69 Å². The highest BCUT2D eigenvalue weighted by Crippen LogP contribution is 2.25. The van der Waals surface area contributed by atoms with Gasteiger partial charge in [0, 0.05) is 18.1 Å². The number of rotatable bonds is 8. The Hall–Kier alpha value is -1.14. The average molecular weight is 415 g/mol. The number of halogens is 2. The first-order valence-corrected chi connectivity index (χ1v) is 10.2. The van der Waals surface area contributed by atoms with Gasteiger partial charge in [-0.3, -0.25) is 0 Å². The number of hydrogen-bond donors (Lipinski definition) is 2. The summed E-state index contributed by atoms with van der Waals surface area (Å²) in [5.41, 5.74) is 2.02. The Morgan fingerprint density at radius 1 is 1.16 bits per heavy atom. The molecular formula is C18H20Cl2N2OS2. The molecule has 2 N–H and O–H groups in total. The first kappa shape index (κ1) is 20.2. The van der Waals surface area contributed by atoms with Gasteiger partial charge in [-0.05, 0) is 49.0 Å². The maximum absolute atomic E-state index is 6.02. The van der Waals surface area contributed by atoms with Gasteiger partial charge in [0.1, 0.15) is 5.75 Å². The van der Waals surface area contributed by atoms with Crippen LogP contribution in [0.25, 0.3) is 0 Å². The lowest BCUT2D eigenvalue weighted by Crippen LogP contribution is -2.30. The second kappa shape index (κ2) is 10.8. The van der Waals surface area contributed by atoms with Crippen LogP contribution in [0.5, 0.6) is 5.75 Å². The Morgan fingerprint density at radius 3 is 2.72 bits per heavy atom. The van der Waals surface area contributed by atoms with E-state index in [2.05, 4.69) is 10.6 Å². The molecule has 0 unspecified atom stereocenters. The van der Waals surface area contributed by atoms with Gasteiger partial charge in [-0.25, -0.2) is 0 Å². The SMILES string of the molecule is CCOc1ccccc1NC(=S)NCCSCc1ccc(Cl)c(Cl)c1. The van der Waals surface area contributed by atoms with Gasteiger partial charge in [-0.2, -0.15) is 11.8 Å². The van der Waals surface area contributed by atoms with Crippen LogP contribution in [0.15, 0.2) is 42.5 Å². The zero-order chi connectivity index (χ0) is 18.1. The highest BCUT2D eigenvalue weighted by atomic mass is 35.5. The van der Waals surface area contributed by atoms with Gasteiger partial charge in [0.25, 0.3) is 0 Å². The van der Waals surface area contributed by atoms with E-state index in [9.17, 15) is 0 Å². The molecule has 2 aromatic rings. The zero-order valence-corrected chi connectivity index (χ0v) is 17.0. The molecule has 3 nitrogen and oxygen atoms in total. The van der Waals surface area contributed by atoms with Crippen molar-refractivity contribution in [3.63, 3.8) is 0 Å². The van der Waals surface area contributed by atoms with E-state index in [1.54, 1.807) is 11.8 Å². The van der Waals surface area contributed by atoms with Crippen LogP contribution in [0.1, 0.15) is 12.5 Å². The highest BCUT2D eigenvalue weighted by Gasteiger charge is 2.04. The summed E-state index contributed by atoms with van der Waals surface area (Å²) in [6, 6.07) is 13.5. The lowest BCUT2D eigenvalue weighted by Gasteiger charge is -2.14. The molecule has 0 amide bonds. The third-order valence-electron chi connectivity index (χ3n) is 3.22. The van der Waals surface area contributed by atoms with Crippen LogP contribution in [0.2, 0.25) is 10.0 Å². The van der Waals surface area contributed by atoms with Crippen molar-refractivity contribution in [2.45, 2.75) is 12.7 Å². The Kier molecular flexibility index (Phi) is 8.68. The molecular weight excluding hydrogens is 395 g/mol. The van der Waals surface area contributed by atoms with Gasteiger partial charge in [-0.1, -0.05) is 41.4 Å². The van der Waals surface area contributed by atoms with Crippen molar-refractivity contribution in [1.82, 2.24) is 5.32 Å². The third kappa shape index (κ3) is 6.94. The van der Waals surface area contributed by atoms with Crippen LogP contribution in [-0.2, 0) is 5.75 Å². The average Bonchev–Trinajstić information content (AvgIpc) is 2.59. The maximum atomic E-state index is 6.02. The number of ether oxygens (including phenoxy) is 1. The zero-order valence-electron chi connectivity index (χ0n) is 13.9. The molecule has 2 rings (SSSR count). The highest BCUT2D eigenvalue weighted by molar-refractivity contribution is 7.98. The van der Waals surface area contributed by atoms with E-state index in [4.69, 9.17) is 40.2 Å². The summed E-state index contributed by atoms with van der Waals surface area (Å²) in [7, 11) is 0. The molecule has 0 aliphatic heterocycles. The van der Waals surface area contributed by atoms with Crippen LogP contribution in [-0.4, -0.2) is 24.0 Å². The molecule has 25 heavy (non-hydrogen) atoms. The molecule has 7 heteroatoms. The monoisotopic (exact) mass is 414 g/mol. The smallest absolute Gasteiger partial charge is 0.170 e. The van der Waals surface area contributed by atoms with Crippen molar-refractivity contribution in [3.05, 3.63) is 58.1 Å². The summed E-state index contributed by atoms with van der Waals surface area (Å²) in [5.74, 6) is 2.60. The molecule has 2 aromatic carbocycles. The van der Waals surface area contributed by atoms with Crippen LogP contribution in [0, 0.1) is 0 Å². The van der Waals surface area contributed by atoms with E-state index in [1.165, 1.54) is 0 Å². The fourth-order valence-corrected chi connectivity index (χ4v) is 3.41. The number of anilines is 1. The topological polar surface area (TPSA) is 33.3 Å². The van der Waals surface area contributed by atoms with Gasteiger partial charge in [0.15, 0.2) is 5.11 Å². The van der Waals surface area contributed by atoms with E-state index in [1.807, 2.05) is 49.4 Å². The van der Waals surface area contributed by atoms with Crippen molar-refractivity contribution < 1.29 is 4.74 Å². The second-order valence-electron chi connectivity index (χ2n) is 5.11. The molecule has 0 heterocycles. The van der Waals surface area contributed by atoms with Crippen LogP contribution >= 0.6 is 47.2 Å². The summed E-state index contributed by atoms with van der Waals surface area (Å²) in [4.78, 5) is 0. The fourth-order valence-electron chi connectivity index (χ4n) is 2.07. The predicted octanol–water partition coefficient (Wildman–Crippen LogP) is 5.61. The lowest BCUT2D eigenvalue weighted by atomic mass is 10.2. The predicted molar refractivity (Wildman–Crippen MR) is 114 cm³/mol. The molecule has 0 fully saturated rings. The maximum Gasteiger partial charge on any atom is 0.170 e. The molecule has 0 saturated carbocycles. The van der Waals surface area contributed by atoms with Crippen molar-refractivity contribution in [2.75, 3.05) is 24.2 Å². The summed E-state index contributed by atoms with van der Waals surface area (Å²) in [6.07, 6.45) is 0. The number of thioether (sulfide) groups is 1. The Balaban J connectivity index is 1.69. The van der Waals surface area contributed by atoms with E-state index in [0.29, 0.717) is 21.8 Å². The van der Waals surface area contributed by atoms with Gasteiger partial charge >= 0.3 is 0 Å². The summed E-state index contributed by atoms with van der Waals surface area (Å²) < 4.78 is 5.57. The number of nitrogens with one attached hydrogen (secondary N) is 2. The third-order valence-corrected chi connectivity index (χ3v) is 5.24. The van der Waals surface area contributed by atoms with Gasteiger partial charge in [-0.15, -0.1) is 0 Å². The van der Waals surface area contributed by atoms with Crippen molar-refractivity contribution >= 4 is 58.0 Å². The van der Waals surface area contributed by atoms with Crippen molar-refractivity contribution in [1.29, 1.82) is 0 Å². The molecule has 0 aliphatic rings. The molecule has 134 valence electrons. The number of hydrogen-bond acceptors (Lipinski definition) is 3. The number of thiocarbonyl (C=S) groups is 1. The van der Waals surface area contributed by atoms with Crippen molar-refractivity contribution in [2.24, 2.45) is 0 Å². The second-order valence-corrected chi connectivity index (χ2v) is 7.44. The summed E-state index contributed by atoms with van der Waals surface area (Å²) in [5, 5.41) is 8.14. The van der Waals surface area contributed by atoms with Gasteiger partial charge in [0.2, 0.25) is 0 Å². The fraction of sp³-hybridized carbons (Fsp3) is 0.278. The van der Waals surface area contributed by atoms with Gasteiger partial charge < -0.3 is 15.4 Å². The van der Waals surface area contributed by atoms with E-state index in [-0.39, 0.29) is 0 Å². The van der Waals surface area contributed by atoms with E-state index >= 15 is 0 Å². The Labute approximate surface area is 168 Å². The van der Waals surface area contributed by atoms with E-state index in [0.717, 1.165) is 35.1 Å². The minimum absolute atomic E-state index is 0.584.